The van der Waals surface area contributed by atoms with Crippen molar-refractivity contribution < 1.29 is 9.47 Å². The number of halogens is 1. The molecule has 0 aromatic rings. The highest BCUT2D eigenvalue weighted by Gasteiger charge is 2.09. The molecular weight excluding hydrogens is 202 g/mol. The molecule has 1 atom stereocenters. The van der Waals surface area contributed by atoms with E-state index in [1.54, 1.807) is 7.11 Å². The fourth-order valence-electron chi connectivity index (χ4n) is 0.928. The minimum atomic E-state index is -0.0609. The van der Waals surface area contributed by atoms with E-state index in [9.17, 15) is 0 Å². The van der Waals surface area contributed by atoms with Crippen LogP contribution >= 0.6 is 11.6 Å². The van der Waals surface area contributed by atoms with Crippen LogP contribution in [0.2, 0.25) is 0 Å². The molecule has 1 N–H and O–H groups in total. The first-order valence-electron chi connectivity index (χ1n) is 4.93. The zero-order chi connectivity index (χ0) is 11.0. The Hall–Kier alpha value is 0.170. The normalized spacial score (nSPS) is 14.4. The van der Waals surface area contributed by atoms with Crippen molar-refractivity contribution in [2.75, 3.05) is 33.4 Å². The molecule has 0 radical (unpaired) electrons. The van der Waals surface area contributed by atoms with Gasteiger partial charge in [0.25, 0.3) is 0 Å². The van der Waals surface area contributed by atoms with Gasteiger partial charge in [0, 0.05) is 20.2 Å². The molecule has 0 aliphatic carbocycles. The third-order valence-corrected chi connectivity index (χ3v) is 1.81. The molecule has 0 bridgehead atoms. The van der Waals surface area contributed by atoms with E-state index < -0.39 is 0 Å². The largest absolute Gasteiger partial charge is 0.383 e. The molecule has 14 heavy (non-hydrogen) atoms. The number of ether oxygens (including phenoxy) is 2. The lowest BCUT2D eigenvalue weighted by Gasteiger charge is -2.19. The first-order valence-corrected chi connectivity index (χ1v) is 5.37. The van der Waals surface area contributed by atoms with Crippen LogP contribution in [0.4, 0.5) is 0 Å². The van der Waals surface area contributed by atoms with Crippen LogP contribution in [0, 0.1) is 0 Å². The van der Waals surface area contributed by atoms with Crippen LogP contribution in [0.25, 0.3) is 0 Å². The Balaban J connectivity index is 3.21. The minimum absolute atomic E-state index is 0.0367. The summed E-state index contributed by atoms with van der Waals surface area (Å²) >= 11 is 5.92. The number of hydrogen-bond donors (Lipinski definition) is 1. The van der Waals surface area contributed by atoms with Crippen LogP contribution in [0.3, 0.4) is 0 Å². The summed E-state index contributed by atoms with van der Waals surface area (Å²) in [7, 11) is 1.65. The monoisotopic (exact) mass is 223 g/mol. The highest BCUT2D eigenvalue weighted by molar-refractivity contribution is 6.20. The smallest absolute Gasteiger partial charge is 0.0693 e. The van der Waals surface area contributed by atoms with Gasteiger partial charge >= 0.3 is 0 Å². The maximum atomic E-state index is 5.92. The highest BCUT2D eigenvalue weighted by atomic mass is 35.5. The molecule has 0 aliphatic heterocycles. The fraction of sp³-hybridized carbons (Fsp3) is 1.00. The van der Waals surface area contributed by atoms with E-state index in [4.69, 9.17) is 21.1 Å². The van der Waals surface area contributed by atoms with Gasteiger partial charge in [-0.1, -0.05) is 0 Å². The molecule has 0 spiro atoms. The van der Waals surface area contributed by atoms with Crippen LogP contribution in [-0.2, 0) is 9.47 Å². The van der Waals surface area contributed by atoms with E-state index in [2.05, 4.69) is 5.32 Å². The summed E-state index contributed by atoms with van der Waals surface area (Å²) in [6, 6.07) is 0. The summed E-state index contributed by atoms with van der Waals surface area (Å²) in [5.74, 6) is 0. The number of hydrogen-bond acceptors (Lipinski definition) is 3. The second kappa shape index (κ2) is 7.46. The second-order valence-corrected chi connectivity index (χ2v) is 4.83. The van der Waals surface area contributed by atoms with Gasteiger partial charge in [-0.15, -0.1) is 11.6 Å². The number of alkyl halides is 1. The first-order chi connectivity index (χ1) is 6.45. The highest BCUT2D eigenvalue weighted by Crippen LogP contribution is 2.05. The standard InChI is InChI=1S/C10H22ClNO2/c1-10(2,3)14-6-5-12-7-9(11)8-13-4/h9,12H,5-8H2,1-4H3. The molecule has 0 amide bonds. The van der Waals surface area contributed by atoms with E-state index in [0.29, 0.717) is 13.2 Å². The molecule has 0 heterocycles. The third kappa shape index (κ3) is 10.3. The van der Waals surface area contributed by atoms with Crippen LogP contribution in [0.1, 0.15) is 20.8 Å². The number of methoxy groups -OCH3 is 1. The van der Waals surface area contributed by atoms with Gasteiger partial charge < -0.3 is 14.8 Å². The Morgan fingerprint density at radius 1 is 1.36 bits per heavy atom. The van der Waals surface area contributed by atoms with E-state index in [0.717, 1.165) is 13.1 Å². The van der Waals surface area contributed by atoms with Gasteiger partial charge in [-0.05, 0) is 20.8 Å². The van der Waals surface area contributed by atoms with Gasteiger partial charge in [0.2, 0.25) is 0 Å². The molecule has 0 aromatic carbocycles. The van der Waals surface area contributed by atoms with Crippen LogP contribution < -0.4 is 5.32 Å². The summed E-state index contributed by atoms with van der Waals surface area (Å²) in [4.78, 5) is 0. The Morgan fingerprint density at radius 2 is 2.00 bits per heavy atom. The summed E-state index contributed by atoms with van der Waals surface area (Å²) in [5, 5.41) is 3.24. The summed E-state index contributed by atoms with van der Waals surface area (Å²) in [6.45, 7) is 8.99. The van der Waals surface area contributed by atoms with E-state index in [-0.39, 0.29) is 11.0 Å². The molecule has 4 heteroatoms. The SMILES string of the molecule is COCC(Cl)CNCCOC(C)(C)C. The first kappa shape index (κ1) is 14.2. The fourth-order valence-corrected chi connectivity index (χ4v) is 1.16. The van der Waals surface area contributed by atoms with Gasteiger partial charge in [-0.3, -0.25) is 0 Å². The van der Waals surface area contributed by atoms with E-state index in [1.165, 1.54) is 0 Å². The van der Waals surface area contributed by atoms with Gasteiger partial charge in [0.15, 0.2) is 0 Å². The minimum Gasteiger partial charge on any atom is -0.383 e. The van der Waals surface area contributed by atoms with Crippen molar-refractivity contribution in [2.24, 2.45) is 0 Å². The molecule has 0 aromatic heterocycles. The number of nitrogens with one attached hydrogen (secondary N) is 1. The predicted octanol–water partition coefficient (Wildman–Crippen LogP) is 1.64. The molecule has 0 saturated carbocycles. The van der Waals surface area contributed by atoms with E-state index >= 15 is 0 Å². The molecule has 0 rings (SSSR count). The summed E-state index contributed by atoms with van der Waals surface area (Å²) in [5.41, 5.74) is -0.0609. The molecule has 1 unspecified atom stereocenters. The Kier molecular flexibility index (Phi) is 7.55. The summed E-state index contributed by atoms with van der Waals surface area (Å²) < 4.78 is 10.4. The third-order valence-electron chi connectivity index (χ3n) is 1.53. The van der Waals surface area contributed by atoms with E-state index in [1.807, 2.05) is 20.8 Å². The van der Waals surface area contributed by atoms with Crippen molar-refractivity contribution >= 4 is 11.6 Å². The quantitative estimate of drug-likeness (QED) is 0.526. The zero-order valence-electron chi connectivity index (χ0n) is 9.60. The topological polar surface area (TPSA) is 30.5 Å². The van der Waals surface area contributed by atoms with Crippen LogP contribution in [0.5, 0.6) is 0 Å². The number of rotatable bonds is 7. The summed E-state index contributed by atoms with van der Waals surface area (Å²) in [6.07, 6.45) is 0. The van der Waals surface area contributed by atoms with Crippen LogP contribution in [0.15, 0.2) is 0 Å². The average Bonchev–Trinajstić information content (AvgIpc) is 2.02. The molecular formula is C10H22ClNO2. The maximum Gasteiger partial charge on any atom is 0.0693 e. The van der Waals surface area contributed by atoms with Crippen molar-refractivity contribution in [2.45, 2.75) is 31.7 Å². The lowest BCUT2D eigenvalue weighted by atomic mass is 10.2. The maximum absolute atomic E-state index is 5.92. The lowest BCUT2D eigenvalue weighted by Crippen LogP contribution is -2.31. The predicted molar refractivity (Wildman–Crippen MR) is 60.1 cm³/mol. The van der Waals surface area contributed by atoms with Crippen molar-refractivity contribution in [1.29, 1.82) is 0 Å². The van der Waals surface area contributed by atoms with Gasteiger partial charge in [0.05, 0.1) is 24.2 Å². The van der Waals surface area contributed by atoms with Gasteiger partial charge in [-0.2, -0.15) is 0 Å². The Bertz CT molecular complexity index is 137. The van der Waals surface area contributed by atoms with Crippen LogP contribution in [-0.4, -0.2) is 44.4 Å². The van der Waals surface area contributed by atoms with Crippen molar-refractivity contribution in [3.8, 4) is 0 Å². The van der Waals surface area contributed by atoms with Crippen molar-refractivity contribution in [3.05, 3.63) is 0 Å². The average molecular weight is 224 g/mol. The second-order valence-electron chi connectivity index (χ2n) is 4.22. The van der Waals surface area contributed by atoms with Crippen molar-refractivity contribution in [3.63, 3.8) is 0 Å². The van der Waals surface area contributed by atoms with Gasteiger partial charge in [-0.25, -0.2) is 0 Å². The molecule has 3 nitrogen and oxygen atoms in total. The molecule has 0 fully saturated rings. The Labute approximate surface area is 92.1 Å². The molecule has 0 saturated heterocycles. The zero-order valence-corrected chi connectivity index (χ0v) is 10.4. The van der Waals surface area contributed by atoms with Gasteiger partial charge in [0.1, 0.15) is 0 Å². The molecule has 86 valence electrons. The lowest BCUT2D eigenvalue weighted by molar-refractivity contribution is -0.000828. The van der Waals surface area contributed by atoms with Crippen molar-refractivity contribution in [1.82, 2.24) is 5.32 Å². The molecule has 0 aliphatic rings. The Morgan fingerprint density at radius 3 is 2.50 bits per heavy atom.